The van der Waals surface area contributed by atoms with E-state index in [0.29, 0.717) is 23.7 Å². The number of carbonyl (C=O) groups excluding carboxylic acids is 2. The number of hydrogen-bond donors (Lipinski definition) is 0. The smallest absolute Gasteiger partial charge is 0.238 e. The van der Waals surface area contributed by atoms with Crippen LogP contribution in [0, 0.1) is 49.4 Å². The zero-order valence-electron chi connectivity index (χ0n) is 12.8. The molecule has 0 spiro atoms. The molecule has 1 heterocycles. The Morgan fingerprint density at radius 2 is 1.55 bits per heavy atom. The van der Waals surface area contributed by atoms with Gasteiger partial charge in [0.1, 0.15) is 0 Å². The first-order valence-corrected chi connectivity index (χ1v) is 8.21. The Bertz CT molecular complexity index is 714. The van der Waals surface area contributed by atoms with Crippen LogP contribution in [0.2, 0.25) is 0 Å². The molecule has 6 atom stereocenters. The fourth-order valence-corrected chi connectivity index (χ4v) is 5.15. The van der Waals surface area contributed by atoms with Gasteiger partial charge in [0, 0.05) is 0 Å². The molecule has 0 aromatic heterocycles. The lowest BCUT2D eigenvalue weighted by atomic mass is 9.63. The predicted molar refractivity (Wildman–Crippen MR) is 83.1 cm³/mol. The average molecular weight is 293 g/mol. The number of rotatable bonds is 1. The van der Waals surface area contributed by atoms with Gasteiger partial charge >= 0.3 is 0 Å². The van der Waals surface area contributed by atoms with Crippen LogP contribution in [0.1, 0.15) is 17.5 Å². The third-order valence-electron chi connectivity index (χ3n) is 6.27. The fourth-order valence-electron chi connectivity index (χ4n) is 5.15. The summed E-state index contributed by atoms with van der Waals surface area (Å²) in [6.07, 6.45) is 5.65. The zero-order chi connectivity index (χ0) is 15.2. The van der Waals surface area contributed by atoms with Crippen LogP contribution in [-0.2, 0) is 9.59 Å². The Hall–Kier alpha value is -1.90. The van der Waals surface area contributed by atoms with Gasteiger partial charge in [-0.15, -0.1) is 0 Å². The number of amides is 2. The number of imide groups is 1. The van der Waals surface area contributed by atoms with Crippen molar-refractivity contribution in [2.75, 3.05) is 4.90 Å². The molecule has 1 aromatic carbocycles. The minimum absolute atomic E-state index is 0.0356. The van der Waals surface area contributed by atoms with Crippen molar-refractivity contribution in [2.45, 2.75) is 20.3 Å². The van der Waals surface area contributed by atoms with Crippen LogP contribution in [0.25, 0.3) is 0 Å². The Morgan fingerprint density at radius 3 is 2.14 bits per heavy atom. The normalized spacial score (nSPS) is 40.9. The maximum Gasteiger partial charge on any atom is 0.238 e. The molecule has 1 aliphatic heterocycles. The first-order valence-electron chi connectivity index (χ1n) is 8.21. The molecule has 2 bridgehead atoms. The Balaban J connectivity index is 1.62. The SMILES string of the molecule is Cc1ccc(C)c(N2C(=O)[C@H]3[C@@H]4C=C[C@H]([C@@H]5C[C@H]45)[C@@H]3C2=O)c1. The molecule has 3 nitrogen and oxygen atoms in total. The summed E-state index contributed by atoms with van der Waals surface area (Å²) in [7, 11) is 0. The zero-order valence-corrected chi connectivity index (χ0v) is 12.8. The van der Waals surface area contributed by atoms with Gasteiger partial charge in [-0.2, -0.15) is 0 Å². The number of benzene rings is 1. The van der Waals surface area contributed by atoms with E-state index in [2.05, 4.69) is 12.2 Å². The quantitative estimate of drug-likeness (QED) is 0.590. The van der Waals surface area contributed by atoms with Gasteiger partial charge in [-0.1, -0.05) is 24.3 Å². The number of nitrogens with zero attached hydrogens (tertiary/aromatic N) is 1. The summed E-state index contributed by atoms with van der Waals surface area (Å²) in [5.74, 6) is 1.77. The van der Waals surface area contributed by atoms with E-state index in [1.165, 1.54) is 11.3 Å². The minimum Gasteiger partial charge on any atom is -0.274 e. The van der Waals surface area contributed by atoms with Gasteiger partial charge in [-0.25, -0.2) is 4.90 Å². The fraction of sp³-hybridized carbons (Fsp3) is 0.474. The molecule has 112 valence electrons. The van der Waals surface area contributed by atoms with Gasteiger partial charge in [0.2, 0.25) is 11.8 Å². The van der Waals surface area contributed by atoms with Crippen molar-refractivity contribution in [3.8, 4) is 0 Å². The predicted octanol–water partition coefficient (Wildman–Crippen LogP) is 2.86. The first kappa shape index (κ1) is 12.6. The molecule has 1 saturated heterocycles. The molecule has 0 N–H and O–H groups in total. The van der Waals surface area contributed by atoms with E-state index in [4.69, 9.17) is 0 Å². The summed E-state index contributed by atoms with van der Waals surface area (Å²) >= 11 is 0. The highest BCUT2D eigenvalue weighted by molar-refractivity contribution is 6.23. The summed E-state index contributed by atoms with van der Waals surface area (Å²) in [4.78, 5) is 27.6. The number of anilines is 1. The van der Waals surface area contributed by atoms with Crippen LogP contribution in [-0.4, -0.2) is 11.8 Å². The van der Waals surface area contributed by atoms with Gasteiger partial charge in [0.25, 0.3) is 0 Å². The standard InChI is InChI=1S/C19H19NO2/c1-9-3-4-10(2)15(7-9)20-18(21)16-11-5-6-12(14-8-13(11)14)17(16)19(20)22/h3-7,11-14,16-17H,8H2,1-2H3/t11-,12-,13-,14+,16+,17+/m1/s1. The summed E-state index contributed by atoms with van der Waals surface area (Å²) in [5, 5.41) is 0. The van der Waals surface area contributed by atoms with E-state index in [1.807, 2.05) is 32.0 Å². The van der Waals surface area contributed by atoms with Gasteiger partial charge < -0.3 is 0 Å². The van der Waals surface area contributed by atoms with E-state index in [-0.39, 0.29) is 23.7 Å². The molecule has 5 aliphatic rings. The summed E-state index contributed by atoms with van der Waals surface area (Å²) < 4.78 is 0. The van der Waals surface area contributed by atoms with Crippen LogP contribution in [0.15, 0.2) is 30.4 Å². The number of carbonyl (C=O) groups is 2. The lowest BCUT2D eigenvalue weighted by Gasteiger charge is -2.37. The lowest BCUT2D eigenvalue weighted by Crippen LogP contribution is -2.40. The van der Waals surface area contributed by atoms with E-state index >= 15 is 0 Å². The van der Waals surface area contributed by atoms with Crippen LogP contribution in [0.4, 0.5) is 5.69 Å². The van der Waals surface area contributed by atoms with Crippen molar-refractivity contribution in [1.29, 1.82) is 0 Å². The number of aryl methyl sites for hydroxylation is 2. The molecule has 6 rings (SSSR count). The molecule has 2 saturated carbocycles. The molecule has 22 heavy (non-hydrogen) atoms. The van der Waals surface area contributed by atoms with Gasteiger partial charge in [0.05, 0.1) is 17.5 Å². The maximum absolute atomic E-state index is 13.0. The van der Waals surface area contributed by atoms with Crippen molar-refractivity contribution < 1.29 is 9.59 Å². The van der Waals surface area contributed by atoms with E-state index < -0.39 is 0 Å². The number of hydrogen-bond acceptors (Lipinski definition) is 2. The second kappa shape index (κ2) is 3.89. The molecule has 3 heteroatoms. The Labute approximate surface area is 130 Å². The lowest BCUT2D eigenvalue weighted by molar-refractivity contribution is -0.124. The maximum atomic E-state index is 13.0. The van der Waals surface area contributed by atoms with Crippen molar-refractivity contribution in [3.63, 3.8) is 0 Å². The van der Waals surface area contributed by atoms with Gasteiger partial charge in [0.15, 0.2) is 0 Å². The minimum atomic E-state index is -0.105. The second-order valence-corrected chi connectivity index (χ2v) is 7.46. The monoisotopic (exact) mass is 293 g/mol. The molecule has 0 unspecified atom stereocenters. The summed E-state index contributed by atoms with van der Waals surface area (Å²) in [6, 6.07) is 5.99. The topological polar surface area (TPSA) is 37.4 Å². The highest BCUT2D eigenvalue weighted by atomic mass is 16.2. The average Bonchev–Trinajstić information content (AvgIpc) is 3.28. The Kier molecular flexibility index (Phi) is 2.23. The van der Waals surface area contributed by atoms with Crippen LogP contribution < -0.4 is 4.90 Å². The molecule has 1 aromatic rings. The largest absolute Gasteiger partial charge is 0.274 e. The third kappa shape index (κ3) is 1.37. The number of allylic oxidation sites excluding steroid dienone is 2. The van der Waals surface area contributed by atoms with Crippen LogP contribution in [0.5, 0.6) is 0 Å². The Morgan fingerprint density at radius 1 is 0.955 bits per heavy atom. The first-order chi connectivity index (χ1) is 10.6. The highest BCUT2D eigenvalue weighted by Crippen LogP contribution is 2.65. The van der Waals surface area contributed by atoms with Crippen molar-refractivity contribution >= 4 is 17.5 Å². The molecule has 0 radical (unpaired) electrons. The molecule has 2 amide bonds. The third-order valence-corrected chi connectivity index (χ3v) is 6.27. The van der Waals surface area contributed by atoms with E-state index in [9.17, 15) is 9.59 Å². The molecular weight excluding hydrogens is 274 g/mol. The second-order valence-electron chi connectivity index (χ2n) is 7.46. The van der Waals surface area contributed by atoms with Gasteiger partial charge in [-0.3, -0.25) is 9.59 Å². The highest BCUT2D eigenvalue weighted by Gasteiger charge is 2.67. The van der Waals surface area contributed by atoms with Crippen LogP contribution in [0.3, 0.4) is 0 Å². The summed E-state index contributed by atoms with van der Waals surface area (Å²) in [6.45, 7) is 3.98. The molecule has 3 fully saturated rings. The van der Waals surface area contributed by atoms with E-state index in [1.54, 1.807) is 0 Å². The van der Waals surface area contributed by atoms with Crippen molar-refractivity contribution in [1.82, 2.24) is 0 Å². The summed E-state index contributed by atoms with van der Waals surface area (Å²) in [5.41, 5.74) is 2.87. The van der Waals surface area contributed by atoms with Crippen molar-refractivity contribution in [2.24, 2.45) is 35.5 Å². The van der Waals surface area contributed by atoms with Crippen molar-refractivity contribution in [3.05, 3.63) is 41.5 Å². The van der Waals surface area contributed by atoms with E-state index in [0.717, 1.165) is 16.8 Å². The van der Waals surface area contributed by atoms with Gasteiger partial charge in [-0.05, 0) is 61.1 Å². The molecular formula is C19H19NO2. The van der Waals surface area contributed by atoms with Crippen LogP contribution >= 0.6 is 0 Å². The molecule has 4 aliphatic carbocycles.